The predicted octanol–water partition coefficient (Wildman–Crippen LogP) is 2.37. The molecule has 0 amide bonds. The molecule has 0 saturated carbocycles. The van der Waals surface area contributed by atoms with Gasteiger partial charge in [0.05, 0.1) is 16.9 Å². The zero-order chi connectivity index (χ0) is 11.4. The Kier molecular flexibility index (Phi) is 3.92. The minimum atomic E-state index is -1.48. The minimum absolute atomic E-state index is 0.117. The van der Waals surface area contributed by atoms with Crippen molar-refractivity contribution >= 4 is 10.8 Å². The van der Waals surface area contributed by atoms with Crippen LogP contribution in [0.5, 0.6) is 0 Å². The van der Waals surface area contributed by atoms with Crippen LogP contribution in [0.4, 0.5) is 8.78 Å². The molecule has 1 rings (SSSR count). The van der Waals surface area contributed by atoms with Gasteiger partial charge in [-0.25, -0.2) is 8.78 Å². The molecule has 0 bridgehead atoms. The lowest BCUT2D eigenvalue weighted by molar-refractivity contribution is 0.505. The van der Waals surface area contributed by atoms with Gasteiger partial charge in [0.1, 0.15) is 0 Å². The maximum Gasteiger partial charge on any atom is 0.160 e. The Balaban J connectivity index is 2.93. The molecule has 2 unspecified atom stereocenters. The third kappa shape index (κ3) is 2.83. The van der Waals surface area contributed by atoms with E-state index in [1.165, 1.54) is 6.07 Å². The van der Waals surface area contributed by atoms with E-state index in [2.05, 4.69) is 0 Å². The van der Waals surface area contributed by atoms with Crippen LogP contribution in [0.1, 0.15) is 13.3 Å². The van der Waals surface area contributed by atoms with E-state index in [4.69, 9.17) is 5.26 Å². The van der Waals surface area contributed by atoms with E-state index < -0.39 is 22.4 Å². The fourth-order valence-corrected chi connectivity index (χ4v) is 2.15. The SMILES string of the molecule is CC(CC#N)S(=O)c1ccc(F)c(F)c1. The third-order valence-corrected chi connectivity index (χ3v) is 3.48. The summed E-state index contributed by atoms with van der Waals surface area (Å²) in [7, 11) is -1.48. The largest absolute Gasteiger partial charge is 0.254 e. The number of rotatable bonds is 3. The lowest BCUT2D eigenvalue weighted by Gasteiger charge is -2.07. The molecule has 5 heteroatoms. The summed E-state index contributed by atoms with van der Waals surface area (Å²) in [5.41, 5.74) is 0. The summed E-state index contributed by atoms with van der Waals surface area (Å²) in [6, 6.07) is 4.98. The van der Waals surface area contributed by atoms with Gasteiger partial charge in [-0.1, -0.05) is 0 Å². The van der Waals surface area contributed by atoms with Crippen LogP contribution in [-0.4, -0.2) is 9.46 Å². The first-order valence-electron chi connectivity index (χ1n) is 4.29. The molecule has 1 aromatic rings. The predicted molar refractivity (Wildman–Crippen MR) is 52.5 cm³/mol. The highest BCUT2D eigenvalue weighted by Crippen LogP contribution is 2.16. The van der Waals surface area contributed by atoms with Crippen LogP contribution in [0.15, 0.2) is 23.1 Å². The number of nitrogens with zero attached hydrogens (tertiary/aromatic N) is 1. The molecule has 2 nitrogen and oxygen atoms in total. The minimum Gasteiger partial charge on any atom is -0.254 e. The van der Waals surface area contributed by atoms with Gasteiger partial charge in [0.25, 0.3) is 0 Å². The van der Waals surface area contributed by atoms with Crippen molar-refractivity contribution in [2.75, 3.05) is 0 Å². The Bertz CT molecular complexity index is 428. The van der Waals surface area contributed by atoms with Crippen LogP contribution in [0.3, 0.4) is 0 Å². The lowest BCUT2D eigenvalue weighted by atomic mass is 10.3. The Morgan fingerprint density at radius 1 is 1.47 bits per heavy atom. The summed E-state index contributed by atoms with van der Waals surface area (Å²) in [5.74, 6) is -1.99. The molecule has 0 N–H and O–H groups in total. The number of hydrogen-bond donors (Lipinski definition) is 0. The summed E-state index contributed by atoms with van der Waals surface area (Å²) in [6.07, 6.45) is 0.117. The summed E-state index contributed by atoms with van der Waals surface area (Å²) >= 11 is 0. The summed E-state index contributed by atoms with van der Waals surface area (Å²) in [4.78, 5) is 0.205. The van der Waals surface area contributed by atoms with Crippen molar-refractivity contribution in [2.24, 2.45) is 0 Å². The molecule has 0 fully saturated rings. The molecule has 0 aliphatic rings. The highest BCUT2D eigenvalue weighted by Gasteiger charge is 2.14. The quantitative estimate of drug-likeness (QED) is 0.798. The maximum absolute atomic E-state index is 12.8. The molecule has 0 aromatic heterocycles. The number of halogens is 2. The van der Waals surface area contributed by atoms with Crippen LogP contribution in [0.2, 0.25) is 0 Å². The van der Waals surface area contributed by atoms with E-state index in [0.29, 0.717) is 0 Å². The molecule has 0 spiro atoms. The van der Waals surface area contributed by atoms with Crippen molar-refractivity contribution in [3.8, 4) is 6.07 Å². The second-order valence-corrected chi connectivity index (χ2v) is 4.92. The monoisotopic (exact) mass is 229 g/mol. The molecule has 1 aromatic carbocycles. The Hall–Kier alpha value is -1.28. The standard InChI is InChI=1S/C10H9F2NOS/c1-7(4-5-13)15(14)8-2-3-9(11)10(12)6-8/h2-3,6-7H,4H2,1H3. The number of benzene rings is 1. The molecule has 15 heavy (non-hydrogen) atoms. The molecule has 0 saturated heterocycles. The highest BCUT2D eigenvalue weighted by atomic mass is 32.2. The summed E-state index contributed by atoms with van der Waals surface area (Å²) in [5, 5.41) is 8.02. The molecule has 80 valence electrons. The smallest absolute Gasteiger partial charge is 0.160 e. The van der Waals surface area contributed by atoms with E-state index in [0.717, 1.165) is 12.1 Å². The van der Waals surface area contributed by atoms with Crippen molar-refractivity contribution in [1.29, 1.82) is 5.26 Å². The first kappa shape index (κ1) is 11.8. The van der Waals surface area contributed by atoms with E-state index in [1.54, 1.807) is 6.92 Å². The molecular weight excluding hydrogens is 220 g/mol. The van der Waals surface area contributed by atoms with Gasteiger partial charge in [0, 0.05) is 16.6 Å². The molecule has 2 atom stereocenters. The summed E-state index contributed by atoms with van der Waals surface area (Å²) in [6.45, 7) is 1.63. The molecular formula is C10H9F2NOS. The average molecular weight is 229 g/mol. The van der Waals surface area contributed by atoms with Crippen LogP contribution < -0.4 is 0 Å². The van der Waals surface area contributed by atoms with Gasteiger partial charge in [-0.05, 0) is 25.1 Å². The maximum atomic E-state index is 12.8. The van der Waals surface area contributed by atoms with Crippen LogP contribution in [0, 0.1) is 23.0 Å². The molecule has 0 aliphatic carbocycles. The van der Waals surface area contributed by atoms with E-state index in [1.807, 2.05) is 6.07 Å². The van der Waals surface area contributed by atoms with Crippen LogP contribution >= 0.6 is 0 Å². The van der Waals surface area contributed by atoms with Gasteiger partial charge in [0.2, 0.25) is 0 Å². The van der Waals surface area contributed by atoms with Crippen molar-refractivity contribution in [1.82, 2.24) is 0 Å². The highest BCUT2D eigenvalue weighted by molar-refractivity contribution is 7.85. The van der Waals surface area contributed by atoms with Crippen molar-refractivity contribution in [3.63, 3.8) is 0 Å². The molecule has 0 aliphatic heterocycles. The van der Waals surface area contributed by atoms with Gasteiger partial charge in [-0.2, -0.15) is 5.26 Å². The van der Waals surface area contributed by atoms with Crippen molar-refractivity contribution < 1.29 is 13.0 Å². The number of nitriles is 1. The third-order valence-electron chi connectivity index (χ3n) is 1.87. The second-order valence-electron chi connectivity index (χ2n) is 3.05. The fourth-order valence-electron chi connectivity index (χ4n) is 1.04. The van der Waals surface area contributed by atoms with Crippen LogP contribution in [-0.2, 0) is 10.8 Å². The Morgan fingerprint density at radius 2 is 2.13 bits per heavy atom. The van der Waals surface area contributed by atoms with E-state index in [-0.39, 0.29) is 16.6 Å². The Morgan fingerprint density at radius 3 is 2.67 bits per heavy atom. The topological polar surface area (TPSA) is 40.9 Å². The van der Waals surface area contributed by atoms with Gasteiger partial charge in [-0.15, -0.1) is 0 Å². The first-order chi connectivity index (χ1) is 7.06. The average Bonchev–Trinajstić information content (AvgIpc) is 2.21. The zero-order valence-electron chi connectivity index (χ0n) is 8.04. The molecule has 0 heterocycles. The van der Waals surface area contributed by atoms with Gasteiger partial charge >= 0.3 is 0 Å². The van der Waals surface area contributed by atoms with Gasteiger partial charge < -0.3 is 0 Å². The first-order valence-corrected chi connectivity index (χ1v) is 5.50. The summed E-state index contributed by atoms with van der Waals surface area (Å²) < 4.78 is 37.1. The van der Waals surface area contributed by atoms with Gasteiger partial charge in [-0.3, -0.25) is 4.21 Å². The molecule has 0 radical (unpaired) electrons. The Labute approximate surface area is 89.0 Å². The van der Waals surface area contributed by atoms with E-state index in [9.17, 15) is 13.0 Å². The lowest BCUT2D eigenvalue weighted by Crippen LogP contribution is -2.10. The second kappa shape index (κ2) is 4.99. The normalized spacial score (nSPS) is 14.3. The van der Waals surface area contributed by atoms with Crippen molar-refractivity contribution in [2.45, 2.75) is 23.5 Å². The van der Waals surface area contributed by atoms with Gasteiger partial charge in [0.15, 0.2) is 11.6 Å². The van der Waals surface area contributed by atoms with Crippen LogP contribution in [0.25, 0.3) is 0 Å². The van der Waals surface area contributed by atoms with Crippen molar-refractivity contribution in [3.05, 3.63) is 29.8 Å². The van der Waals surface area contributed by atoms with E-state index >= 15 is 0 Å². The number of hydrogen-bond acceptors (Lipinski definition) is 2. The zero-order valence-corrected chi connectivity index (χ0v) is 8.85. The fraction of sp³-hybridized carbons (Fsp3) is 0.300.